The summed E-state index contributed by atoms with van der Waals surface area (Å²) in [6.07, 6.45) is 1.92. The molecule has 1 aliphatic carbocycles. The first kappa shape index (κ1) is 15.7. The Hall–Kier alpha value is -3.48. The molecule has 7 heteroatoms. The largest absolute Gasteiger partial charge is 0.497 e. The highest BCUT2D eigenvalue weighted by Crippen LogP contribution is 2.52. The molecule has 1 saturated carbocycles. The number of nitrogens with one attached hydrogen (secondary N) is 1. The summed E-state index contributed by atoms with van der Waals surface area (Å²) in [5.41, 5.74) is 1.75. The van der Waals surface area contributed by atoms with Gasteiger partial charge >= 0.3 is 0 Å². The molecule has 0 aliphatic heterocycles. The topological polar surface area (TPSA) is 85.2 Å². The van der Waals surface area contributed by atoms with E-state index in [1.807, 2.05) is 42.5 Å². The summed E-state index contributed by atoms with van der Waals surface area (Å²) >= 11 is 0. The number of H-pyrrole nitrogens is 1. The van der Waals surface area contributed by atoms with Crippen LogP contribution in [0, 0.1) is 0 Å². The van der Waals surface area contributed by atoms with Crippen LogP contribution >= 0.6 is 0 Å². The maximum Gasteiger partial charge on any atom is 0.279 e. The number of fused-ring (bicyclic) bond motifs is 1. The molecule has 0 unspecified atom stereocenters. The van der Waals surface area contributed by atoms with Crippen LogP contribution in [0.1, 0.15) is 24.2 Å². The molecule has 0 atom stereocenters. The zero-order chi connectivity index (χ0) is 18.4. The standard InChI is InChI=1S/C20H17N5O2/c1-27-15-9-7-14(8-10-15)20(11-12-20)18-22-23-19-21-17(26)16(24-25(18)19)13-5-3-2-4-6-13/h2-10H,11-12H2,1H3,(H,21,23,26). The van der Waals surface area contributed by atoms with E-state index in [9.17, 15) is 4.79 Å². The van der Waals surface area contributed by atoms with Gasteiger partial charge in [0.25, 0.3) is 11.3 Å². The number of nitrogens with zero attached hydrogens (tertiary/aromatic N) is 4. The van der Waals surface area contributed by atoms with Crippen molar-refractivity contribution >= 4 is 5.78 Å². The second-order valence-corrected chi connectivity index (χ2v) is 6.74. The van der Waals surface area contributed by atoms with Crippen molar-refractivity contribution in [1.29, 1.82) is 0 Å². The van der Waals surface area contributed by atoms with E-state index in [-0.39, 0.29) is 11.0 Å². The van der Waals surface area contributed by atoms with Gasteiger partial charge in [-0.25, -0.2) is 0 Å². The molecule has 0 saturated heterocycles. The van der Waals surface area contributed by atoms with Gasteiger partial charge in [0.2, 0.25) is 0 Å². The van der Waals surface area contributed by atoms with Gasteiger partial charge in [-0.3, -0.25) is 9.78 Å². The number of rotatable bonds is 4. The monoisotopic (exact) mass is 359 g/mol. The summed E-state index contributed by atoms with van der Waals surface area (Å²) in [5.74, 6) is 1.92. The average Bonchev–Trinajstić information content (AvgIpc) is 3.42. The van der Waals surface area contributed by atoms with Crippen LogP contribution in [-0.4, -0.2) is 31.9 Å². The summed E-state index contributed by atoms with van der Waals surface area (Å²) in [4.78, 5) is 15.2. The van der Waals surface area contributed by atoms with Gasteiger partial charge in [0.05, 0.1) is 12.5 Å². The molecule has 0 spiro atoms. The Morgan fingerprint density at radius 2 is 1.78 bits per heavy atom. The highest BCUT2D eigenvalue weighted by Gasteiger charge is 2.50. The van der Waals surface area contributed by atoms with Crippen LogP contribution in [0.5, 0.6) is 5.75 Å². The number of hydrogen-bond acceptors (Lipinski definition) is 5. The summed E-state index contributed by atoms with van der Waals surface area (Å²) in [5, 5.41) is 13.1. The first-order chi connectivity index (χ1) is 13.2. The van der Waals surface area contributed by atoms with Crippen molar-refractivity contribution < 1.29 is 4.74 Å². The summed E-state index contributed by atoms with van der Waals surface area (Å²) in [6.45, 7) is 0. The van der Waals surface area contributed by atoms with Crippen LogP contribution in [-0.2, 0) is 5.41 Å². The minimum Gasteiger partial charge on any atom is -0.497 e. The zero-order valence-electron chi connectivity index (χ0n) is 14.7. The second kappa shape index (κ2) is 5.77. The fourth-order valence-electron chi connectivity index (χ4n) is 3.52. The molecular formula is C20H17N5O2. The van der Waals surface area contributed by atoms with Gasteiger partial charge in [-0.2, -0.15) is 9.61 Å². The summed E-state index contributed by atoms with van der Waals surface area (Å²) in [6, 6.07) is 17.4. The van der Waals surface area contributed by atoms with Crippen molar-refractivity contribution in [3.8, 4) is 17.0 Å². The molecule has 0 radical (unpaired) electrons. The molecule has 4 aromatic rings. The number of ether oxygens (including phenoxy) is 1. The lowest BCUT2D eigenvalue weighted by Gasteiger charge is -2.14. The first-order valence-corrected chi connectivity index (χ1v) is 8.77. The third-order valence-electron chi connectivity index (χ3n) is 5.15. The number of aromatic amines is 1. The average molecular weight is 359 g/mol. The van der Waals surface area contributed by atoms with E-state index in [1.165, 1.54) is 0 Å². The highest BCUT2D eigenvalue weighted by molar-refractivity contribution is 5.58. The third kappa shape index (κ3) is 2.43. The van der Waals surface area contributed by atoms with Crippen LogP contribution < -0.4 is 10.3 Å². The van der Waals surface area contributed by atoms with Crippen molar-refractivity contribution in [1.82, 2.24) is 24.8 Å². The normalized spacial score (nSPS) is 15.0. The Morgan fingerprint density at radius 1 is 1.04 bits per heavy atom. The SMILES string of the molecule is COc1ccc(C2(c3nnc4[nH]c(=O)c(-c5ccccc5)nn34)CC2)cc1. The summed E-state index contributed by atoms with van der Waals surface area (Å²) in [7, 11) is 1.65. The van der Waals surface area contributed by atoms with E-state index in [0.717, 1.165) is 35.5 Å². The van der Waals surface area contributed by atoms with Crippen LogP contribution in [0.25, 0.3) is 17.0 Å². The minimum absolute atomic E-state index is 0.231. The van der Waals surface area contributed by atoms with Crippen LogP contribution in [0.15, 0.2) is 59.4 Å². The molecule has 7 nitrogen and oxygen atoms in total. The minimum atomic E-state index is -0.276. The van der Waals surface area contributed by atoms with Crippen molar-refractivity contribution in [2.24, 2.45) is 0 Å². The lowest BCUT2D eigenvalue weighted by atomic mass is 9.95. The number of methoxy groups -OCH3 is 1. The Kier molecular flexibility index (Phi) is 3.36. The van der Waals surface area contributed by atoms with Gasteiger partial charge in [-0.15, -0.1) is 10.2 Å². The fraction of sp³-hybridized carbons (Fsp3) is 0.200. The Balaban J connectivity index is 1.66. The van der Waals surface area contributed by atoms with Gasteiger partial charge in [-0.05, 0) is 30.5 Å². The maximum absolute atomic E-state index is 12.4. The molecule has 1 aliphatic rings. The molecule has 1 fully saturated rings. The fourth-order valence-corrected chi connectivity index (χ4v) is 3.52. The van der Waals surface area contributed by atoms with E-state index in [0.29, 0.717) is 11.5 Å². The van der Waals surface area contributed by atoms with Gasteiger partial charge in [0.15, 0.2) is 11.5 Å². The number of aromatic nitrogens is 5. The van der Waals surface area contributed by atoms with Gasteiger partial charge in [0.1, 0.15) is 5.75 Å². The van der Waals surface area contributed by atoms with E-state index in [2.05, 4.69) is 32.4 Å². The number of hydrogen-bond donors (Lipinski definition) is 1. The van der Waals surface area contributed by atoms with Crippen LogP contribution in [0.2, 0.25) is 0 Å². The highest BCUT2D eigenvalue weighted by atomic mass is 16.5. The Labute approximate surface area is 154 Å². The smallest absolute Gasteiger partial charge is 0.279 e. The van der Waals surface area contributed by atoms with Crippen molar-refractivity contribution in [3.63, 3.8) is 0 Å². The lowest BCUT2D eigenvalue weighted by Crippen LogP contribution is -2.19. The maximum atomic E-state index is 12.4. The van der Waals surface area contributed by atoms with Crippen molar-refractivity contribution in [2.75, 3.05) is 7.11 Å². The Bertz CT molecular complexity index is 1170. The molecular weight excluding hydrogens is 342 g/mol. The van der Waals surface area contributed by atoms with E-state index in [4.69, 9.17) is 4.74 Å². The molecule has 5 rings (SSSR count). The quantitative estimate of drug-likeness (QED) is 0.605. The first-order valence-electron chi connectivity index (χ1n) is 8.77. The van der Waals surface area contributed by atoms with E-state index >= 15 is 0 Å². The predicted molar refractivity (Wildman–Crippen MR) is 99.8 cm³/mol. The zero-order valence-corrected chi connectivity index (χ0v) is 14.7. The van der Waals surface area contributed by atoms with E-state index in [1.54, 1.807) is 11.6 Å². The lowest BCUT2D eigenvalue weighted by molar-refractivity contribution is 0.414. The number of benzene rings is 2. The van der Waals surface area contributed by atoms with Crippen molar-refractivity contribution in [3.05, 3.63) is 76.3 Å². The molecule has 2 aromatic heterocycles. The second-order valence-electron chi connectivity index (χ2n) is 6.74. The van der Waals surface area contributed by atoms with Gasteiger partial charge < -0.3 is 4.74 Å². The van der Waals surface area contributed by atoms with Crippen LogP contribution in [0.4, 0.5) is 0 Å². The van der Waals surface area contributed by atoms with Crippen LogP contribution in [0.3, 0.4) is 0 Å². The molecule has 2 heterocycles. The van der Waals surface area contributed by atoms with E-state index < -0.39 is 0 Å². The molecule has 134 valence electrons. The predicted octanol–water partition coefficient (Wildman–Crippen LogP) is 2.57. The van der Waals surface area contributed by atoms with Gasteiger partial charge in [0, 0.05) is 5.56 Å². The third-order valence-corrected chi connectivity index (χ3v) is 5.15. The van der Waals surface area contributed by atoms with Crippen molar-refractivity contribution in [2.45, 2.75) is 18.3 Å². The summed E-state index contributed by atoms with van der Waals surface area (Å²) < 4.78 is 6.92. The molecule has 0 amide bonds. The molecule has 1 N–H and O–H groups in total. The molecule has 0 bridgehead atoms. The Morgan fingerprint density at radius 3 is 2.44 bits per heavy atom. The van der Waals surface area contributed by atoms with Gasteiger partial charge in [-0.1, -0.05) is 42.5 Å². The molecule has 27 heavy (non-hydrogen) atoms. The molecule has 2 aromatic carbocycles.